The summed E-state index contributed by atoms with van der Waals surface area (Å²) in [7, 11) is 0. The van der Waals surface area contributed by atoms with Crippen LogP contribution in [0.1, 0.15) is 39.4 Å². The fraction of sp³-hybridized carbons (Fsp3) is 0.292. The van der Waals surface area contributed by atoms with Gasteiger partial charge < -0.3 is 10.4 Å². The van der Waals surface area contributed by atoms with Crippen molar-refractivity contribution in [2.75, 3.05) is 11.9 Å². The van der Waals surface area contributed by atoms with Gasteiger partial charge in [-0.3, -0.25) is 10.3 Å². The highest BCUT2D eigenvalue weighted by Crippen LogP contribution is 2.38. The first-order valence-corrected chi connectivity index (χ1v) is 11.7. The summed E-state index contributed by atoms with van der Waals surface area (Å²) in [4.78, 5) is 30.0. The average molecular weight is 463 g/mol. The third-order valence-electron chi connectivity index (χ3n) is 5.56. The number of carbonyl (C=O) groups excluding carboxylic acids is 1. The number of nitrogens with one attached hydrogen (secondary N) is 2. The van der Waals surface area contributed by atoms with E-state index in [2.05, 4.69) is 30.6 Å². The molecule has 0 saturated carbocycles. The molecule has 1 aromatic carbocycles. The topological polar surface area (TPSA) is 113 Å². The molecule has 0 unspecified atom stereocenters. The molecule has 4 rings (SSSR count). The molecule has 0 radical (unpaired) electrons. The van der Waals surface area contributed by atoms with Crippen LogP contribution in [0, 0.1) is 0 Å². The minimum Gasteiger partial charge on any atom is -0.382 e. The number of hydrogen-bond donors (Lipinski definition) is 3. The molecule has 8 nitrogen and oxygen atoms in total. The second-order valence-corrected chi connectivity index (χ2v) is 8.62. The molecular formula is C24H26N6O2S. The van der Waals surface area contributed by atoms with Crippen LogP contribution in [0.2, 0.25) is 0 Å². The van der Waals surface area contributed by atoms with Crippen LogP contribution in [-0.4, -0.2) is 37.6 Å². The van der Waals surface area contributed by atoms with Gasteiger partial charge in [0.1, 0.15) is 5.60 Å². The summed E-state index contributed by atoms with van der Waals surface area (Å²) in [6.07, 6.45) is 6.28. The van der Waals surface area contributed by atoms with E-state index in [0.717, 1.165) is 32.6 Å². The van der Waals surface area contributed by atoms with Gasteiger partial charge in [-0.2, -0.15) is 0 Å². The standard InChI is InChI=1S/C24H26N6O2S/c1-4-24(32,5-2)21-27-13-16(14-28-21)15-11-17(18-9-7-8-10-26-18)20-19(12-15)29-23(33-20)30-22(31)25-6-3/h7-14,32H,4-6H2,1-3H3,(H2,25,29,30,31). The molecule has 33 heavy (non-hydrogen) atoms. The molecule has 4 aromatic rings. The van der Waals surface area contributed by atoms with Gasteiger partial charge in [0.15, 0.2) is 11.0 Å². The number of anilines is 1. The Morgan fingerprint density at radius 3 is 2.45 bits per heavy atom. The lowest BCUT2D eigenvalue weighted by atomic mass is 9.96. The summed E-state index contributed by atoms with van der Waals surface area (Å²) in [6.45, 7) is 6.23. The molecule has 2 amide bonds. The lowest BCUT2D eigenvalue weighted by Crippen LogP contribution is -2.28. The summed E-state index contributed by atoms with van der Waals surface area (Å²) in [5.41, 5.74) is 3.11. The van der Waals surface area contributed by atoms with Gasteiger partial charge in [0.25, 0.3) is 0 Å². The number of benzene rings is 1. The van der Waals surface area contributed by atoms with Crippen molar-refractivity contribution < 1.29 is 9.90 Å². The van der Waals surface area contributed by atoms with E-state index in [9.17, 15) is 9.90 Å². The quantitative estimate of drug-likeness (QED) is 0.358. The van der Waals surface area contributed by atoms with Gasteiger partial charge in [0.05, 0.1) is 15.9 Å². The number of nitrogens with zero attached hydrogens (tertiary/aromatic N) is 4. The minimum atomic E-state index is -1.03. The Labute approximate surface area is 196 Å². The van der Waals surface area contributed by atoms with E-state index in [1.165, 1.54) is 11.3 Å². The summed E-state index contributed by atoms with van der Waals surface area (Å²) < 4.78 is 0.924. The first-order chi connectivity index (χ1) is 16.0. The van der Waals surface area contributed by atoms with Crippen molar-refractivity contribution in [2.45, 2.75) is 39.2 Å². The van der Waals surface area contributed by atoms with Crippen LogP contribution in [0.15, 0.2) is 48.9 Å². The Morgan fingerprint density at radius 1 is 1.06 bits per heavy atom. The van der Waals surface area contributed by atoms with Crippen LogP contribution in [0.3, 0.4) is 0 Å². The molecule has 3 aromatic heterocycles. The second-order valence-electron chi connectivity index (χ2n) is 7.62. The molecular weight excluding hydrogens is 436 g/mol. The third kappa shape index (κ3) is 4.69. The normalized spacial score (nSPS) is 11.5. The van der Waals surface area contributed by atoms with Gasteiger partial charge in [-0.25, -0.2) is 19.7 Å². The van der Waals surface area contributed by atoms with Crippen molar-refractivity contribution >= 4 is 32.7 Å². The first-order valence-electron chi connectivity index (χ1n) is 10.9. The average Bonchev–Trinajstić information content (AvgIpc) is 3.25. The number of aliphatic hydroxyl groups is 1. The van der Waals surface area contributed by atoms with Gasteiger partial charge >= 0.3 is 6.03 Å². The number of amides is 2. The SMILES string of the molecule is CCNC(=O)Nc1nc2cc(-c3cnc(C(O)(CC)CC)nc3)cc(-c3ccccn3)c2s1. The summed E-state index contributed by atoms with van der Waals surface area (Å²) >= 11 is 1.40. The molecule has 0 aliphatic heterocycles. The maximum atomic E-state index is 12.0. The fourth-order valence-electron chi connectivity index (χ4n) is 3.55. The number of fused-ring (bicyclic) bond motifs is 1. The molecule has 0 atom stereocenters. The largest absolute Gasteiger partial charge is 0.382 e. The van der Waals surface area contributed by atoms with E-state index >= 15 is 0 Å². The van der Waals surface area contributed by atoms with E-state index in [1.54, 1.807) is 18.6 Å². The van der Waals surface area contributed by atoms with Gasteiger partial charge in [0, 0.05) is 36.3 Å². The highest BCUT2D eigenvalue weighted by atomic mass is 32.1. The Bertz CT molecular complexity index is 1250. The zero-order valence-corrected chi connectivity index (χ0v) is 19.6. The van der Waals surface area contributed by atoms with Crippen LogP contribution < -0.4 is 10.6 Å². The van der Waals surface area contributed by atoms with E-state index in [0.29, 0.717) is 30.3 Å². The Balaban J connectivity index is 1.80. The molecule has 0 aliphatic carbocycles. The van der Waals surface area contributed by atoms with Crippen LogP contribution in [0.5, 0.6) is 0 Å². The van der Waals surface area contributed by atoms with Crippen molar-refractivity contribution in [3.8, 4) is 22.4 Å². The van der Waals surface area contributed by atoms with Crippen molar-refractivity contribution in [2.24, 2.45) is 0 Å². The van der Waals surface area contributed by atoms with E-state index in [4.69, 9.17) is 0 Å². The number of carbonyl (C=O) groups is 1. The number of urea groups is 1. The van der Waals surface area contributed by atoms with E-state index in [-0.39, 0.29) is 6.03 Å². The molecule has 9 heteroatoms. The van der Waals surface area contributed by atoms with Crippen LogP contribution in [0.25, 0.3) is 32.6 Å². The number of aromatic nitrogens is 4. The predicted molar refractivity (Wildman–Crippen MR) is 131 cm³/mol. The fourth-order valence-corrected chi connectivity index (χ4v) is 4.51. The molecule has 0 aliphatic rings. The highest BCUT2D eigenvalue weighted by Gasteiger charge is 2.28. The zero-order valence-electron chi connectivity index (χ0n) is 18.8. The maximum absolute atomic E-state index is 12.0. The predicted octanol–water partition coefficient (Wildman–Crippen LogP) is 4.96. The molecule has 3 heterocycles. The summed E-state index contributed by atoms with van der Waals surface area (Å²) in [5.74, 6) is 0.421. The van der Waals surface area contributed by atoms with Crippen molar-refractivity contribution in [1.29, 1.82) is 0 Å². The summed E-state index contributed by atoms with van der Waals surface area (Å²) in [5, 5.41) is 16.7. The van der Waals surface area contributed by atoms with Crippen LogP contribution in [0.4, 0.5) is 9.93 Å². The smallest absolute Gasteiger partial charge is 0.321 e. The highest BCUT2D eigenvalue weighted by molar-refractivity contribution is 7.22. The summed E-state index contributed by atoms with van der Waals surface area (Å²) in [6, 6.07) is 9.43. The second kappa shape index (κ2) is 9.60. The van der Waals surface area contributed by atoms with Gasteiger partial charge in [-0.1, -0.05) is 31.3 Å². The molecule has 0 saturated heterocycles. The van der Waals surface area contributed by atoms with Crippen LogP contribution >= 0.6 is 11.3 Å². The Kier molecular flexibility index (Phi) is 6.62. The molecule has 0 spiro atoms. The number of thiazole rings is 1. The Hall–Kier alpha value is -3.43. The molecule has 3 N–H and O–H groups in total. The van der Waals surface area contributed by atoms with Crippen molar-refractivity contribution in [3.05, 3.63) is 54.7 Å². The number of hydrogen-bond acceptors (Lipinski definition) is 7. The third-order valence-corrected chi connectivity index (χ3v) is 6.58. The maximum Gasteiger partial charge on any atom is 0.321 e. The zero-order chi connectivity index (χ0) is 23.4. The van der Waals surface area contributed by atoms with Crippen molar-refractivity contribution in [3.63, 3.8) is 0 Å². The molecule has 0 bridgehead atoms. The van der Waals surface area contributed by atoms with Gasteiger partial charge in [0.2, 0.25) is 0 Å². The van der Waals surface area contributed by atoms with Crippen LogP contribution in [-0.2, 0) is 5.60 Å². The Morgan fingerprint density at radius 2 is 1.82 bits per heavy atom. The van der Waals surface area contributed by atoms with E-state index in [1.807, 2.05) is 51.1 Å². The van der Waals surface area contributed by atoms with Gasteiger partial charge in [-0.05, 0) is 49.6 Å². The number of rotatable bonds is 7. The van der Waals surface area contributed by atoms with Gasteiger partial charge in [-0.15, -0.1) is 0 Å². The monoisotopic (exact) mass is 462 g/mol. The van der Waals surface area contributed by atoms with E-state index < -0.39 is 5.60 Å². The van der Waals surface area contributed by atoms with Crippen molar-refractivity contribution in [1.82, 2.24) is 25.3 Å². The lowest BCUT2D eigenvalue weighted by Gasteiger charge is -2.23. The molecule has 170 valence electrons. The molecule has 0 fully saturated rings. The lowest BCUT2D eigenvalue weighted by molar-refractivity contribution is 0.0193. The minimum absolute atomic E-state index is 0.292. The first kappa shape index (κ1) is 22.8. The number of pyridine rings is 1.